The fourth-order valence-electron chi connectivity index (χ4n) is 4.62. The van der Waals surface area contributed by atoms with Gasteiger partial charge in [-0.3, -0.25) is 14.5 Å². The summed E-state index contributed by atoms with van der Waals surface area (Å²) in [5.74, 6) is -0.288. The molecule has 0 bridgehead atoms. The molecule has 2 aromatic rings. The molecule has 0 saturated heterocycles. The van der Waals surface area contributed by atoms with E-state index in [9.17, 15) is 27.9 Å². The number of benzene rings is 2. The second-order valence-corrected chi connectivity index (χ2v) is 10.5. The van der Waals surface area contributed by atoms with Crippen molar-refractivity contribution in [3.8, 4) is 5.75 Å². The van der Waals surface area contributed by atoms with Crippen LogP contribution in [0.4, 0.5) is 18.9 Å². The molecule has 1 fully saturated rings. The van der Waals surface area contributed by atoms with Gasteiger partial charge in [0.25, 0.3) is 5.91 Å². The molecule has 1 saturated carbocycles. The lowest BCUT2D eigenvalue weighted by Crippen LogP contribution is -2.49. The van der Waals surface area contributed by atoms with Crippen LogP contribution < -0.4 is 10.1 Å². The fraction of sp³-hybridized carbons (Fsp3) is 0.500. The summed E-state index contributed by atoms with van der Waals surface area (Å²) < 4.78 is 45.3. The van der Waals surface area contributed by atoms with Crippen LogP contribution in [0.3, 0.4) is 0 Å². The number of rotatable bonds is 8. The predicted octanol–water partition coefficient (Wildman–Crippen LogP) is 4.41. The molecule has 0 unspecified atom stereocenters. The van der Waals surface area contributed by atoms with Crippen LogP contribution in [0.15, 0.2) is 42.5 Å². The highest BCUT2D eigenvalue weighted by molar-refractivity contribution is 6.02. The zero-order valence-electron chi connectivity index (χ0n) is 21.8. The molecule has 1 aliphatic carbocycles. The molecule has 2 N–H and O–H groups in total. The molecule has 0 radical (unpaired) electrons. The van der Waals surface area contributed by atoms with Crippen molar-refractivity contribution in [2.75, 3.05) is 32.1 Å². The molecule has 2 amide bonds. The Kier molecular flexibility index (Phi) is 8.32. The summed E-state index contributed by atoms with van der Waals surface area (Å²) in [5, 5.41) is 12.7. The minimum Gasteiger partial charge on any atom is -0.486 e. The summed E-state index contributed by atoms with van der Waals surface area (Å²) in [4.78, 5) is 29.7. The average molecular weight is 534 g/mol. The first-order valence-corrected chi connectivity index (χ1v) is 12.8. The first-order valence-electron chi connectivity index (χ1n) is 12.8. The second kappa shape index (κ2) is 11.3. The van der Waals surface area contributed by atoms with Gasteiger partial charge in [-0.2, -0.15) is 13.2 Å². The van der Waals surface area contributed by atoms with Gasteiger partial charge in [0.05, 0.1) is 29.5 Å². The molecule has 10 heteroatoms. The Morgan fingerprint density at radius 3 is 2.50 bits per heavy atom. The monoisotopic (exact) mass is 533 g/mol. The zero-order valence-corrected chi connectivity index (χ0v) is 21.8. The number of ether oxygens (including phenoxy) is 1. The number of alkyl halides is 3. The van der Waals surface area contributed by atoms with Gasteiger partial charge in [0.15, 0.2) is 5.75 Å². The minimum atomic E-state index is -4.39. The lowest BCUT2D eigenvalue weighted by atomic mass is 9.98. The number of para-hydroxylation sites is 1. The van der Waals surface area contributed by atoms with Crippen LogP contribution in [0.5, 0.6) is 5.75 Å². The Morgan fingerprint density at radius 1 is 1.21 bits per heavy atom. The lowest BCUT2D eigenvalue weighted by molar-refractivity contribution is -0.137. The molecular weight excluding hydrogens is 499 g/mol. The summed E-state index contributed by atoms with van der Waals surface area (Å²) in [6, 6.07) is 9.71. The van der Waals surface area contributed by atoms with Crippen molar-refractivity contribution in [1.82, 2.24) is 9.80 Å². The Morgan fingerprint density at radius 2 is 1.89 bits per heavy atom. The summed E-state index contributed by atoms with van der Waals surface area (Å²) in [6.07, 6.45) is -3.14. The number of hydrogen-bond acceptors (Lipinski definition) is 5. The number of carbonyl (C=O) groups excluding carboxylic acids is 2. The molecule has 7 nitrogen and oxygen atoms in total. The quantitative estimate of drug-likeness (QED) is 0.526. The van der Waals surface area contributed by atoms with E-state index >= 15 is 0 Å². The Hall–Kier alpha value is -3.11. The SMILES string of the molecule is C[C@H](CO)N1C[C@H](C)[C@@H](CN(C)Cc2ccc(C(F)(F)F)cc2)Oc2c(NC(=O)C3CC3)cccc2C1=O. The third-order valence-electron chi connectivity index (χ3n) is 7.12. The molecule has 38 heavy (non-hydrogen) atoms. The molecule has 1 heterocycles. The maximum absolute atomic E-state index is 13.5. The van der Waals surface area contributed by atoms with Crippen LogP contribution in [0.25, 0.3) is 0 Å². The number of halogens is 3. The topological polar surface area (TPSA) is 82.1 Å². The summed E-state index contributed by atoms with van der Waals surface area (Å²) in [7, 11) is 1.85. The van der Waals surface area contributed by atoms with Crippen molar-refractivity contribution < 1.29 is 32.6 Å². The largest absolute Gasteiger partial charge is 0.486 e. The standard InChI is InChI=1S/C28H34F3N3O4/c1-17-13-34(18(2)16-35)27(37)22-5-4-6-23(32-26(36)20-9-10-20)25(22)38-24(17)15-33(3)14-19-7-11-21(12-8-19)28(29,30)31/h4-8,11-12,17-18,20,24,35H,9-10,13-16H2,1-3H3,(H,32,36)/t17-,18+,24+/m0/s1. The number of nitrogens with zero attached hydrogens (tertiary/aromatic N) is 2. The number of aliphatic hydroxyl groups excluding tert-OH is 1. The number of amides is 2. The zero-order chi connectivity index (χ0) is 27.6. The van der Waals surface area contributed by atoms with E-state index in [1.54, 1.807) is 30.0 Å². The van der Waals surface area contributed by atoms with Gasteiger partial charge in [0.1, 0.15) is 6.10 Å². The first kappa shape index (κ1) is 27.9. The number of anilines is 1. The van der Waals surface area contributed by atoms with Crippen molar-refractivity contribution in [2.24, 2.45) is 11.8 Å². The van der Waals surface area contributed by atoms with Crippen LogP contribution in [0.1, 0.15) is 48.2 Å². The lowest BCUT2D eigenvalue weighted by Gasteiger charge is -2.38. The third kappa shape index (κ3) is 6.47. The molecular formula is C28H34F3N3O4. The predicted molar refractivity (Wildman–Crippen MR) is 137 cm³/mol. The summed E-state index contributed by atoms with van der Waals surface area (Å²) >= 11 is 0. The molecule has 0 spiro atoms. The van der Waals surface area contributed by atoms with E-state index in [0.29, 0.717) is 36.6 Å². The molecule has 206 valence electrons. The van der Waals surface area contributed by atoms with Gasteiger partial charge in [-0.05, 0) is 56.6 Å². The number of likely N-dealkylation sites (N-methyl/N-ethyl adjacent to an activating group) is 1. The number of aliphatic hydroxyl groups is 1. The van der Waals surface area contributed by atoms with Crippen molar-refractivity contribution >= 4 is 17.5 Å². The van der Waals surface area contributed by atoms with Crippen molar-refractivity contribution in [1.29, 1.82) is 0 Å². The number of carbonyl (C=O) groups is 2. The Balaban J connectivity index is 1.59. The van der Waals surface area contributed by atoms with Gasteiger partial charge in [0, 0.05) is 31.5 Å². The fourth-order valence-corrected chi connectivity index (χ4v) is 4.62. The van der Waals surface area contributed by atoms with E-state index in [2.05, 4.69) is 5.32 Å². The Labute approximate surface area is 220 Å². The highest BCUT2D eigenvalue weighted by atomic mass is 19.4. The van der Waals surface area contributed by atoms with E-state index in [1.165, 1.54) is 12.1 Å². The van der Waals surface area contributed by atoms with Gasteiger partial charge >= 0.3 is 6.18 Å². The van der Waals surface area contributed by atoms with Crippen LogP contribution in [-0.2, 0) is 17.5 Å². The summed E-state index contributed by atoms with van der Waals surface area (Å²) in [5.41, 5.74) is 0.763. The van der Waals surface area contributed by atoms with E-state index in [4.69, 9.17) is 4.74 Å². The molecule has 0 aromatic heterocycles. The number of fused-ring (bicyclic) bond motifs is 1. The van der Waals surface area contributed by atoms with E-state index in [1.807, 2.05) is 18.9 Å². The van der Waals surface area contributed by atoms with Gasteiger partial charge in [-0.25, -0.2) is 0 Å². The molecule has 3 atom stereocenters. The first-order chi connectivity index (χ1) is 18.0. The highest BCUT2D eigenvalue weighted by Gasteiger charge is 2.36. The van der Waals surface area contributed by atoms with E-state index in [-0.39, 0.29) is 30.3 Å². The second-order valence-electron chi connectivity index (χ2n) is 10.5. The minimum absolute atomic E-state index is 0.0365. The van der Waals surface area contributed by atoms with Crippen molar-refractivity contribution in [2.45, 2.75) is 51.6 Å². The highest BCUT2D eigenvalue weighted by Crippen LogP contribution is 2.37. The maximum Gasteiger partial charge on any atom is 0.416 e. The molecule has 1 aliphatic heterocycles. The average Bonchev–Trinajstić information content (AvgIpc) is 3.71. The van der Waals surface area contributed by atoms with Crippen LogP contribution in [0, 0.1) is 11.8 Å². The van der Waals surface area contributed by atoms with E-state index < -0.39 is 23.9 Å². The number of nitrogens with one attached hydrogen (secondary N) is 1. The van der Waals surface area contributed by atoms with Gasteiger partial charge < -0.3 is 20.1 Å². The Bertz CT molecular complexity index is 1150. The van der Waals surface area contributed by atoms with Gasteiger partial charge in [0.2, 0.25) is 5.91 Å². The number of hydrogen-bond donors (Lipinski definition) is 2. The van der Waals surface area contributed by atoms with Crippen molar-refractivity contribution in [3.63, 3.8) is 0 Å². The molecule has 2 aromatic carbocycles. The maximum atomic E-state index is 13.5. The molecule has 4 rings (SSSR count). The van der Waals surface area contributed by atoms with Gasteiger partial charge in [-0.1, -0.05) is 25.1 Å². The van der Waals surface area contributed by atoms with Gasteiger partial charge in [-0.15, -0.1) is 0 Å². The normalized spacial score (nSPS) is 20.8. The third-order valence-corrected chi connectivity index (χ3v) is 7.12. The van der Waals surface area contributed by atoms with Crippen molar-refractivity contribution in [3.05, 3.63) is 59.2 Å². The smallest absolute Gasteiger partial charge is 0.416 e. The van der Waals surface area contributed by atoms with E-state index in [0.717, 1.165) is 30.5 Å². The molecule has 2 aliphatic rings. The van der Waals surface area contributed by atoms with Crippen LogP contribution in [0.2, 0.25) is 0 Å². The van der Waals surface area contributed by atoms with Crippen LogP contribution >= 0.6 is 0 Å². The van der Waals surface area contributed by atoms with Crippen LogP contribution in [-0.4, -0.2) is 65.6 Å². The summed E-state index contributed by atoms with van der Waals surface area (Å²) in [6.45, 7) is 4.69.